The van der Waals surface area contributed by atoms with Gasteiger partial charge in [-0.05, 0) is 18.6 Å². The zero-order valence-electron chi connectivity index (χ0n) is 9.41. The van der Waals surface area contributed by atoms with Gasteiger partial charge in [0.1, 0.15) is 6.04 Å². The summed E-state index contributed by atoms with van der Waals surface area (Å²) < 4.78 is 26.1. The topological polar surface area (TPSA) is 61.2 Å². The maximum Gasteiger partial charge on any atom is 0.262 e. The first-order chi connectivity index (χ1) is 8.51. The molecule has 1 heterocycles. The highest BCUT2D eigenvalue weighted by atomic mass is 19.2. The third-order valence-corrected chi connectivity index (χ3v) is 2.81. The van der Waals surface area contributed by atoms with Gasteiger partial charge in [0, 0.05) is 0 Å². The molecule has 0 radical (unpaired) electrons. The Morgan fingerprint density at radius 3 is 2.00 bits per heavy atom. The molecule has 0 bridgehead atoms. The highest BCUT2D eigenvalue weighted by molar-refractivity contribution is 6.21. The van der Waals surface area contributed by atoms with Crippen molar-refractivity contribution < 1.29 is 18.4 Å². The summed E-state index contributed by atoms with van der Waals surface area (Å²) in [6.45, 7) is 1.64. The molecule has 92 valence electrons. The van der Waals surface area contributed by atoms with Crippen molar-refractivity contribution in [2.24, 2.45) is 0 Å². The molecule has 0 saturated heterocycles. The van der Waals surface area contributed by atoms with Crippen LogP contribution in [0.1, 0.15) is 34.1 Å². The van der Waals surface area contributed by atoms with Gasteiger partial charge in [0.05, 0.1) is 17.2 Å². The summed E-state index contributed by atoms with van der Waals surface area (Å²) in [6.07, 6.45) is 0.257. The number of nitrogens with zero attached hydrogens (tertiary/aromatic N) is 2. The predicted molar refractivity (Wildman–Crippen MR) is 56.6 cm³/mol. The third-order valence-electron chi connectivity index (χ3n) is 2.81. The Balaban J connectivity index is 2.54. The van der Waals surface area contributed by atoms with Gasteiger partial charge in [-0.1, -0.05) is 6.92 Å². The molecule has 0 saturated carbocycles. The lowest BCUT2D eigenvalue weighted by molar-refractivity contribution is 0.0616. The third kappa shape index (κ3) is 1.56. The molecular formula is C12H8F2N2O2. The predicted octanol–water partition coefficient (Wildman–Crippen LogP) is 1.86. The number of hydrogen-bond donors (Lipinski definition) is 0. The second kappa shape index (κ2) is 4.18. The van der Waals surface area contributed by atoms with E-state index < -0.39 is 29.5 Å². The van der Waals surface area contributed by atoms with Crippen molar-refractivity contribution in [3.8, 4) is 6.07 Å². The van der Waals surface area contributed by atoms with Crippen LogP contribution in [0, 0.1) is 23.0 Å². The average Bonchev–Trinajstić information content (AvgIpc) is 2.57. The van der Waals surface area contributed by atoms with Crippen LogP contribution >= 0.6 is 0 Å². The van der Waals surface area contributed by atoms with Gasteiger partial charge in [0.2, 0.25) is 0 Å². The second-order valence-corrected chi connectivity index (χ2v) is 3.85. The van der Waals surface area contributed by atoms with Crippen molar-refractivity contribution in [1.82, 2.24) is 4.90 Å². The van der Waals surface area contributed by atoms with Crippen LogP contribution in [-0.4, -0.2) is 22.8 Å². The molecule has 0 spiro atoms. The number of benzene rings is 1. The summed E-state index contributed by atoms with van der Waals surface area (Å²) in [5, 5.41) is 8.87. The molecule has 1 atom stereocenters. The van der Waals surface area contributed by atoms with Gasteiger partial charge < -0.3 is 0 Å². The SMILES string of the molecule is CCC(C#N)N1C(=O)c2cc(F)c(F)cc2C1=O. The number of rotatable bonds is 2. The van der Waals surface area contributed by atoms with Crippen LogP contribution in [0.2, 0.25) is 0 Å². The Labute approximate surface area is 101 Å². The fourth-order valence-electron chi connectivity index (χ4n) is 1.87. The number of nitriles is 1. The molecule has 4 nitrogen and oxygen atoms in total. The highest BCUT2D eigenvalue weighted by Crippen LogP contribution is 2.27. The highest BCUT2D eigenvalue weighted by Gasteiger charge is 2.40. The van der Waals surface area contributed by atoms with Crippen LogP contribution in [0.3, 0.4) is 0 Å². The molecule has 0 aromatic heterocycles. The molecule has 0 fully saturated rings. The number of amides is 2. The van der Waals surface area contributed by atoms with Gasteiger partial charge in [-0.15, -0.1) is 0 Å². The Hall–Kier alpha value is -2.29. The lowest BCUT2D eigenvalue weighted by Crippen LogP contribution is -2.38. The van der Waals surface area contributed by atoms with Crippen LogP contribution in [0.5, 0.6) is 0 Å². The largest absolute Gasteiger partial charge is 0.269 e. The second-order valence-electron chi connectivity index (χ2n) is 3.85. The Bertz CT molecular complexity index is 551. The number of carbonyl (C=O) groups is 2. The van der Waals surface area contributed by atoms with Gasteiger partial charge >= 0.3 is 0 Å². The van der Waals surface area contributed by atoms with E-state index in [9.17, 15) is 18.4 Å². The first kappa shape index (κ1) is 12.2. The number of fused-ring (bicyclic) bond motifs is 1. The van der Waals surface area contributed by atoms with Crippen LogP contribution < -0.4 is 0 Å². The van der Waals surface area contributed by atoms with E-state index in [1.54, 1.807) is 6.92 Å². The molecule has 0 aliphatic carbocycles. The van der Waals surface area contributed by atoms with Crippen LogP contribution in [0.4, 0.5) is 8.78 Å². The standard InChI is InChI=1S/C12H8F2N2O2/c1-2-6(5-15)16-11(17)7-3-9(13)10(14)4-8(7)12(16)18/h3-4,6H,2H2,1H3. The maximum absolute atomic E-state index is 13.0. The van der Waals surface area contributed by atoms with Gasteiger partial charge in [-0.25, -0.2) is 8.78 Å². The minimum atomic E-state index is -1.19. The summed E-state index contributed by atoms with van der Waals surface area (Å²) in [5.41, 5.74) is -0.403. The smallest absolute Gasteiger partial charge is 0.262 e. The normalized spacial score (nSPS) is 15.6. The zero-order chi connectivity index (χ0) is 13.4. The first-order valence-electron chi connectivity index (χ1n) is 5.27. The van der Waals surface area contributed by atoms with E-state index >= 15 is 0 Å². The maximum atomic E-state index is 13.0. The van der Waals surface area contributed by atoms with Crippen molar-refractivity contribution >= 4 is 11.8 Å². The zero-order valence-corrected chi connectivity index (χ0v) is 9.41. The van der Waals surface area contributed by atoms with Crippen molar-refractivity contribution in [1.29, 1.82) is 5.26 Å². The van der Waals surface area contributed by atoms with Gasteiger partial charge in [-0.3, -0.25) is 14.5 Å². The minimum Gasteiger partial charge on any atom is -0.269 e. The van der Waals surface area contributed by atoms with E-state index in [0.29, 0.717) is 12.1 Å². The summed E-state index contributed by atoms with van der Waals surface area (Å²) in [6, 6.07) is 2.27. The van der Waals surface area contributed by atoms with Gasteiger partial charge in [-0.2, -0.15) is 5.26 Å². The fraction of sp³-hybridized carbons (Fsp3) is 0.250. The molecule has 2 rings (SSSR count). The van der Waals surface area contributed by atoms with Crippen LogP contribution in [0.15, 0.2) is 12.1 Å². The molecule has 1 unspecified atom stereocenters. The summed E-state index contributed by atoms with van der Waals surface area (Å²) in [5.74, 6) is -3.91. The Kier molecular flexibility index (Phi) is 2.83. The molecule has 1 aliphatic rings. The molecular weight excluding hydrogens is 242 g/mol. The summed E-state index contributed by atoms with van der Waals surface area (Å²) in [7, 11) is 0. The summed E-state index contributed by atoms with van der Waals surface area (Å²) in [4.78, 5) is 24.5. The van der Waals surface area contributed by atoms with E-state index in [0.717, 1.165) is 4.90 Å². The van der Waals surface area contributed by atoms with Crippen LogP contribution in [0.25, 0.3) is 0 Å². The molecule has 6 heteroatoms. The lowest BCUT2D eigenvalue weighted by atomic mass is 10.1. The van der Waals surface area contributed by atoms with Crippen molar-refractivity contribution in [3.05, 3.63) is 34.9 Å². The van der Waals surface area contributed by atoms with E-state index in [4.69, 9.17) is 5.26 Å². The number of halogens is 2. The fourth-order valence-corrected chi connectivity index (χ4v) is 1.87. The van der Waals surface area contributed by atoms with E-state index in [-0.39, 0.29) is 17.5 Å². The molecule has 18 heavy (non-hydrogen) atoms. The molecule has 1 aromatic rings. The number of carbonyl (C=O) groups excluding carboxylic acids is 2. The van der Waals surface area contributed by atoms with Crippen molar-refractivity contribution in [2.75, 3.05) is 0 Å². The molecule has 1 aromatic carbocycles. The van der Waals surface area contributed by atoms with Crippen molar-refractivity contribution in [3.63, 3.8) is 0 Å². The van der Waals surface area contributed by atoms with Crippen molar-refractivity contribution in [2.45, 2.75) is 19.4 Å². The van der Waals surface area contributed by atoms with Gasteiger partial charge in [0.25, 0.3) is 11.8 Å². The number of imide groups is 1. The molecule has 0 N–H and O–H groups in total. The van der Waals surface area contributed by atoms with E-state index in [1.807, 2.05) is 6.07 Å². The first-order valence-corrected chi connectivity index (χ1v) is 5.27. The van der Waals surface area contributed by atoms with Crippen LogP contribution in [-0.2, 0) is 0 Å². The minimum absolute atomic E-state index is 0.201. The van der Waals surface area contributed by atoms with Gasteiger partial charge in [0.15, 0.2) is 11.6 Å². The molecule has 2 amide bonds. The monoisotopic (exact) mass is 250 g/mol. The number of hydrogen-bond acceptors (Lipinski definition) is 3. The summed E-state index contributed by atoms with van der Waals surface area (Å²) >= 11 is 0. The van der Waals surface area contributed by atoms with E-state index in [2.05, 4.69) is 0 Å². The Morgan fingerprint density at radius 1 is 1.22 bits per heavy atom. The average molecular weight is 250 g/mol. The molecule has 1 aliphatic heterocycles. The quantitative estimate of drug-likeness (QED) is 0.753. The van der Waals surface area contributed by atoms with E-state index in [1.165, 1.54) is 0 Å². The lowest BCUT2D eigenvalue weighted by Gasteiger charge is -2.18. The Morgan fingerprint density at radius 2 is 1.67 bits per heavy atom.